The van der Waals surface area contributed by atoms with E-state index in [1.807, 2.05) is 0 Å². The van der Waals surface area contributed by atoms with Crippen molar-refractivity contribution < 1.29 is 13.3 Å². The van der Waals surface area contributed by atoms with E-state index in [2.05, 4.69) is 10.3 Å². The molecule has 1 aromatic rings. The van der Waals surface area contributed by atoms with Crippen LogP contribution >= 0.6 is 0 Å². The number of pyridine rings is 1. The van der Waals surface area contributed by atoms with Gasteiger partial charge in [-0.2, -0.15) is 0 Å². The van der Waals surface area contributed by atoms with Gasteiger partial charge in [0, 0.05) is 12.6 Å². The first kappa shape index (κ1) is 13.4. The topological polar surface area (TPSA) is 102 Å². The van der Waals surface area contributed by atoms with E-state index in [1.165, 1.54) is 6.92 Å². The van der Waals surface area contributed by atoms with Crippen LogP contribution < -0.4 is 5.32 Å². The molecule has 0 aromatic carbocycles. The largest absolute Gasteiger partial charge is 0.365 e. The molecule has 1 N–H and O–H groups in total. The Bertz CT molecular complexity index is 527. The summed E-state index contributed by atoms with van der Waals surface area (Å²) in [5.74, 6) is -0.115. The first-order chi connectivity index (χ1) is 7.92. The Labute approximate surface area is 98.9 Å². The van der Waals surface area contributed by atoms with Crippen LogP contribution in [-0.2, 0) is 9.84 Å². The lowest BCUT2D eigenvalue weighted by Crippen LogP contribution is -2.10. The zero-order chi connectivity index (χ0) is 13.1. The zero-order valence-electron chi connectivity index (χ0n) is 9.50. The summed E-state index contributed by atoms with van der Waals surface area (Å²) in [6.45, 7) is 3.65. The van der Waals surface area contributed by atoms with Gasteiger partial charge in [-0.25, -0.2) is 13.4 Å². The molecule has 7 nitrogen and oxygen atoms in total. The lowest BCUT2D eigenvalue weighted by atomic mass is 10.4. The predicted octanol–water partition coefficient (Wildman–Crippen LogP) is 1.22. The highest BCUT2D eigenvalue weighted by Gasteiger charge is 2.20. The van der Waals surface area contributed by atoms with Gasteiger partial charge in [-0.05, 0) is 13.0 Å². The summed E-state index contributed by atoms with van der Waals surface area (Å²) in [6, 6.07) is 2.30. The fourth-order valence-corrected chi connectivity index (χ4v) is 2.00. The molecule has 94 valence electrons. The molecule has 0 atom stereocenters. The highest BCUT2D eigenvalue weighted by molar-refractivity contribution is 7.91. The maximum Gasteiger partial charge on any atom is 0.311 e. The molecule has 0 spiro atoms. The molecule has 0 aliphatic rings. The average molecular weight is 259 g/mol. The molecule has 1 heterocycles. The first-order valence-corrected chi connectivity index (χ1v) is 6.69. The van der Waals surface area contributed by atoms with Crippen molar-refractivity contribution in [3.05, 3.63) is 22.2 Å². The van der Waals surface area contributed by atoms with Crippen molar-refractivity contribution in [1.82, 2.24) is 4.98 Å². The summed E-state index contributed by atoms with van der Waals surface area (Å²) < 4.78 is 23.2. The van der Waals surface area contributed by atoms with Gasteiger partial charge in [0.1, 0.15) is 0 Å². The van der Waals surface area contributed by atoms with Gasteiger partial charge in [0.2, 0.25) is 5.82 Å². The van der Waals surface area contributed by atoms with Crippen LogP contribution in [-0.4, -0.2) is 30.6 Å². The average Bonchev–Trinajstić information content (AvgIpc) is 2.29. The number of hydrogen-bond acceptors (Lipinski definition) is 6. The normalized spacial score (nSPS) is 11.2. The molecule has 0 saturated carbocycles. The molecule has 0 fully saturated rings. The Morgan fingerprint density at radius 1 is 1.41 bits per heavy atom. The lowest BCUT2D eigenvalue weighted by Gasteiger charge is -2.06. The second-order valence-electron chi connectivity index (χ2n) is 3.21. The Morgan fingerprint density at radius 2 is 2.06 bits per heavy atom. The predicted molar refractivity (Wildman–Crippen MR) is 62.8 cm³/mol. The van der Waals surface area contributed by atoms with Crippen molar-refractivity contribution in [1.29, 1.82) is 0 Å². The van der Waals surface area contributed by atoms with E-state index >= 15 is 0 Å². The number of nitro groups is 1. The second-order valence-corrected chi connectivity index (χ2v) is 5.43. The van der Waals surface area contributed by atoms with E-state index < -0.39 is 14.8 Å². The molecule has 0 saturated heterocycles. The Balaban J connectivity index is 3.33. The van der Waals surface area contributed by atoms with Crippen LogP contribution in [0.25, 0.3) is 0 Å². The number of aromatic nitrogens is 1. The van der Waals surface area contributed by atoms with Crippen molar-refractivity contribution in [3.63, 3.8) is 0 Å². The van der Waals surface area contributed by atoms with Gasteiger partial charge in [-0.1, -0.05) is 6.92 Å². The Morgan fingerprint density at radius 3 is 2.53 bits per heavy atom. The van der Waals surface area contributed by atoms with Gasteiger partial charge < -0.3 is 5.32 Å². The second kappa shape index (κ2) is 5.09. The fourth-order valence-electron chi connectivity index (χ4n) is 1.20. The minimum absolute atomic E-state index is 0.0213. The molecule has 17 heavy (non-hydrogen) atoms. The number of nitrogens with one attached hydrogen (secondary N) is 1. The molecule has 0 aliphatic heterocycles. The van der Waals surface area contributed by atoms with E-state index in [1.54, 1.807) is 6.92 Å². The van der Waals surface area contributed by atoms with Crippen LogP contribution in [0.1, 0.15) is 13.8 Å². The smallest absolute Gasteiger partial charge is 0.311 e. The van der Waals surface area contributed by atoms with Crippen molar-refractivity contribution in [2.75, 3.05) is 17.6 Å². The van der Waals surface area contributed by atoms with Crippen LogP contribution in [0.2, 0.25) is 0 Å². The Kier molecular flexibility index (Phi) is 4.00. The van der Waals surface area contributed by atoms with Gasteiger partial charge in [0.25, 0.3) is 0 Å². The third-order valence-electron chi connectivity index (χ3n) is 2.09. The molecule has 8 heteroatoms. The number of sulfone groups is 1. The molecule has 0 unspecified atom stereocenters. The fraction of sp³-hybridized carbons (Fsp3) is 0.444. The van der Waals surface area contributed by atoms with Gasteiger partial charge in [-0.3, -0.25) is 10.1 Å². The maximum atomic E-state index is 11.6. The summed E-state index contributed by atoms with van der Waals surface area (Å²) in [7, 11) is -3.46. The van der Waals surface area contributed by atoms with E-state index in [0.29, 0.717) is 6.54 Å². The Hall–Kier alpha value is -1.70. The van der Waals surface area contributed by atoms with E-state index in [-0.39, 0.29) is 22.3 Å². The molecular formula is C9H13N3O4S. The molecule has 0 bridgehead atoms. The van der Waals surface area contributed by atoms with Gasteiger partial charge >= 0.3 is 5.69 Å². The SMILES string of the molecule is CCNc1nc(S(=O)(=O)CC)ccc1[N+](=O)[O-]. The minimum atomic E-state index is -3.46. The number of anilines is 1. The molecule has 0 aliphatic carbocycles. The quantitative estimate of drug-likeness (QED) is 0.630. The lowest BCUT2D eigenvalue weighted by molar-refractivity contribution is -0.384. The summed E-state index contributed by atoms with van der Waals surface area (Å²) >= 11 is 0. The van der Waals surface area contributed by atoms with Crippen LogP contribution in [0.15, 0.2) is 17.2 Å². The monoisotopic (exact) mass is 259 g/mol. The molecular weight excluding hydrogens is 246 g/mol. The highest BCUT2D eigenvalue weighted by atomic mass is 32.2. The summed E-state index contributed by atoms with van der Waals surface area (Å²) in [5.41, 5.74) is -0.234. The summed E-state index contributed by atoms with van der Waals surface area (Å²) in [5, 5.41) is 13.2. The van der Waals surface area contributed by atoms with Crippen LogP contribution in [0.4, 0.5) is 11.5 Å². The van der Waals surface area contributed by atoms with Gasteiger partial charge in [0.05, 0.1) is 10.7 Å². The molecule has 1 aromatic heterocycles. The standard InChI is InChI=1S/C9H13N3O4S/c1-3-10-9-7(12(13)14)5-6-8(11-9)17(15,16)4-2/h5-6H,3-4H2,1-2H3,(H,10,11). The first-order valence-electron chi connectivity index (χ1n) is 5.04. The molecule has 0 radical (unpaired) electrons. The van der Waals surface area contributed by atoms with E-state index in [0.717, 1.165) is 12.1 Å². The van der Waals surface area contributed by atoms with Crippen molar-refractivity contribution >= 4 is 21.3 Å². The molecule has 0 amide bonds. The highest BCUT2D eigenvalue weighted by Crippen LogP contribution is 2.23. The van der Waals surface area contributed by atoms with E-state index in [9.17, 15) is 18.5 Å². The maximum absolute atomic E-state index is 11.6. The van der Waals surface area contributed by atoms with Crippen molar-refractivity contribution in [2.45, 2.75) is 18.9 Å². The van der Waals surface area contributed by atoms with Crippen LogP contribution in [0.3, 0.4) is 0 Å². The van der Waals surface area contributed by atoms with Crippen molar-refractivity contribution in [2.24, 2.45) is 0 Å². The van der Waals surface area contributed by atoms with E-state index in [4.69, 9.17) is 0 Å². The number of hydrogen-bond donors (Lipinski definition) is 1. The third kappa shape index (κ3) is 2.90. The number of nitrogens with zero attached hydrogens (tertiary/aromatic N) is 2. The molecule has 1 rings (SSSR count). The van der Waals surface area contributed by atoms with Gasteiger partial charge in [0.15, 0.2) is 14.9 Å². The number of rotatable bonds is 5. The van der Waals surface area contributed by atoms with Crippen LogP contribution in [0, 0.1) is 10.1 Å². The van der Waals surface area contributed by atoms with Gasteiger partial charge in [-0.15, -0.1) is 0 Å². The van der Waals surface area contributed by atoms with Crippen molar-refractivity contribution in [3.8, 4) is 0 Å². The minimum Gasteiger partial charge on any atom is -0.365 e. The van der Waals surface area contributed by atoms with Crippen LogP contribution in [0.5, 0.6) is 0 Å². The third-order valence-corrected chi connectivity index (χ3v) is 3.71. The zero-order valence-corrected chi connectivity index (χ0v) is 10.3. The summed E-state index contributed by atoms with van der Waals surface area (Å²) in [6.07, 6.45) is 0. The summed E-state index contributed by atoms with van der Waals surface area (Å²) in [4.78, 5) is 13.9.